The lowest BCUT2D eigenvalue weighted by Crippen LogP contribution is -2.40. The second kappa shape index (κ2) is 5.51. The Kier molecular flexibility index (Phi) is 5.46. The summed E-state index contributed by atoms with van der Waals surface area (Å²) in [5.74, 6) is 0.927. The number of rotatable bonds is 5. The molecule has 0 aromatic carbocycles. The fraction of sp³-hybridized carbons (Fsp3) is 1.00. The van der Waals surface area contributed by atoms with E-state index in [1.54, 1.807) is 4.90 Å². The Hall–Kier alpha value is -0.120. The van der Waals surface area contributed by atoms with Gasteiger partial charge in [0.05, 0.1) is 0 Å². The van der Waals surface area contributed by atoms with E-state index in [9.17, 15) is 0 Å². The van der Waals surface area contributed by atoms with E-state index in [2.05, 4.69) is 27.7 Å². The Bertz CT molecular complexity index is 103. The molecular weight excluding hydrogens is 154 g/mol. The average molecular weight is 175 g/mol. The predicted molar refractivity (Wildman–Crippen MR) is 49.5 cm³/mol. The maximum atomic E-state index is 8.99. The van der Waals surface area contributed by atoms with Gasteiger partial charge in [-0.1, -0.05) is 27.7 Å². The number of hydrogen-bond acceptors (Lipinski definition) is 3. The highest BCUT2D eigenvalue weighted by Gasteiger charge is 2.14. The second-order valence-corrected chi connectivity index (χ2v) is 4.09. The molecule has 0 amide bonds. The lowest BCUT2D eigenvalue weighted by atomic mass is 10.1. The quantitative estimate of drug-likeness (QED) is 0.609. The van der Waals surface area contributed by atoms with Gasteiger partial charge in [-0.15, -0.1) is 0 Å². The minimum atomic E-state index is -1.31. The van der Waals surface area contributed by atoms with Crippen molar-refractivity contribution in [2.45, 2.75) is 34.1 Å². The summed E-state index contributed by atoms with van der Waals surface area (Å²) >= 11 is 0. The molecule has 74 valence electrons. The van der Waals surface area contributed by atoms with Crippen molar-refractivity contribution in [2.24, 2.45) is 11.8 Å². The van der Waals surface area contributed by atoms with Crippen LogP contribution in [0.3, 0.4) is 0 Å². The zero-order valence-electron chi connectivity index (χ0n) is 8.49. The summed E-state index contributed by atoms with van der Waals surface area (Å²) in [5, 5.41) is 18.0. The van der Waals surface area contributed by atoms with Gasteiger partial charge >= 0.3 is 0 Å². The summed E-state index contributed by atoms with van der Waals surface area (Å²) in [6.45, 7) is 9.72. The summed E-state index contributed by atoms with van der Waals surface area (Å²) in [7, 11) is 0. The van der Waals surface area contributed by atoms with Crippen LogP contribution in [0, 0.1) is 11.8 Å². The molecule has 0 aliphatic rings. The molecule has 0 bridgehead atoms. The van der Waals surface area contributed by atoms with Crippen molar-refractivity contribution in [3.05, 3.63) is 0 Å². The third kappa shape index (κ3) is 5.52. The third-order valence-corrected chi connectivity index (χ3v) is 1.53. The van der Waals surface area contributed by atoms with Gasteiger partial charge in [0, 0.05) is 13.1 Å². The van der Waals surface area contributed by atoms with Gasteiger partial charge < -0.3 is 10.2 Å². The van der Waals surface area contributed by atoms with E-state index in [-0.39, 0.29) is 0 Å². The van der Waals surface area contributed by atoms with Crippen molar-refractivity contribution in [1.29, 1.82) is 0 Å². The standard InChI is InChI=1S/C9H21NO2/c1-7(2)5-10(9(11)12)6-8(3)4/h7-9,11-12H,5-6H2,1-4H3. The molecule has 0 aromatic rings. The van der Waals surface area contributed by atoms with Crippen LogP contribution in [0.5, 0.6) is 0 Å². The molecule has 3 nitrogen and oxygen atoms in total. The maximum Gasteiger partial charge on any atom is 0.213 e. The van der Waals surface area contributed by atoms with E-state index in [1.165, 1.54) is 0 Å². The molecule has 0 fully saturated rings. The summed E-state index contributed by atoms with van der Waals surface area (Å²) in [6, 6.07) is 0. The van der Waals surface area contributed by atoms with E-state index >= 15 is 0 Å². The van der Waals surface area contributed by atoms with Crippen LogP contribution >= 0.6 is 0 Å². The minimum Gasteiger partial charge on any atom is -0.356 e. The van der Waals surface area contributed by atoms with Crippen LogP contribution in [-0.4, -0.2) is 34.6 Å². The topological polar surface area (TPSA) is 43.7 Å². The van der Waals surface area contributed by atoms with Crippen molar-refractivity contribution in [3.63, 3.8) is 0 Å². The maximum absolute atomic E-state index is 8.99. The van der Waals surface area contributed by atoms with Crippen molar-refractivity contribution in [1.82, 2.24) is 4.90 Å². The van der Waals surface area contributed by atoms with E-state index < -0.39 is 6.41 Å². The first kappa shape index (κ1) is 11.9. The van der Waals surface area contributed by atoms with Crippen LogP contribution in [0.25, 0.3) is 0 Å². The number of aliphatic hydroxyl groups excluding tert-OH is 1. The summed E-state index contributed by atoms with van der Waals surface area (Å²) in [4.78, 5) is 1.68. The molecule has 0 heterocycles. The van der Waals surface area contributed by atoms with Crippen LogP contribution in [0.1, 0.15) is 27.7 Å². The van der Waals surface area contributed by atoms with Crippen LogP contribution < -0.4 is 0 Å². The van der Waals surface area contributed by atoms with Gasteiger partial charge in [0.25, 0.3) is 0 Å². The minimum absolute atomic E-state index is 0.463. The van der Waals surface area contributed by atoms with Crippen LogP contribution in [0.2, 0.25) is 0 Å². The number of aliphatic hydroxyl groups is 2. The van der Waals surface area contributed by atoms with Gasteiger partial charge in [-0.25, -0.2) is 0 Å². The van der Waals surface area contributed by atoms with Gasteiger partial charge in [-0.3, -0.25) is 4.90 Å². The normalized spacial score (nSPS) is 12.5. The van der Waals surface area contributed by atoms with Gasteiger partial charge in [-0.05, 0) is 11.8 Å². The summed E-state index contributed by atoms with van der Waals surface area (Å²) in [5.41, 5.74) is 0. The highest BCUT2D eigenvalue weighted by Crippen LogP contribution is 2.05. The van der Waals surface area contributed by atoms with Crippen molar-refractivity contribution >= 4 is 0 Å². The Morgan fingerprint density at radius 2 is 1.25 bits per heavy atom. The molecule has 0 radical (unpaired) electrons. The molecule has 0 unspecified atom stereocenters. The Morgan fingerprint density at radius 3 is 1.42 bits per heavy atom. The molecule has 0 rings (SSSR count). The SMILES string of the molecule is CC(C)CN(CC(C)C)C(O)O. The fourth-order valence-corrected chi connectivity index (χ4v) is 1.20. The Labute approximate surface area is 75.0 Å². The van der Waals surface area contributed by atoms with Gasteiger partial charge in [0.1, 0.15) is 0 Å². The first-order valence-electron chi connectivity index (χ1n) is 4.53. The van der Waals surface area contributed by atoms with Gasteiger partial charge in [0.15, 0.2) is 0 Å². The molecule has 0 aliphatic carbocycles. The smallest absolute Gasteiger partial charge is 0.213 e. The Morgan fingerprint density at radius 1 is 0.917 bits per heavy atom. The monoisotopic (exact) mass is 175 g/mol. The highest BCUT2D eigenvalue weighted by molar-refractivity contribution is 4.60. The Balaban J connectivity index is 3.87. The number of hydrogen-bond donors (Lipinski definition) is 2. The molecule has 0 atom stereocenters. The first-order chi connectivity index (χ1) is 5.43. The van der Waals surface area contributed by atoms with E-state index in [4.69, 9.17) is 10.2 Å². The van der Waals surface area contributed by atoms with Crippen molar-refractivity contribution < 1.29 is 10.2 Å². The molecule has 0 aliphatic heterocycles. The van der Waals surface area contributed by atoms with Crippen LogP contribution in [-0.2, 0) is 0 Å². The molecule has 0 aromatic heterocycles. The molecule has 12 heavy (non-hydrogen) atoms. The van der Waals surface area contributed by atoms with E-state index in [1.807, 2.05) is 0 Å². The third-order valence-electron chi connectivity index (χ3n) is 1.53. The first-order valence-corrected chi connectivity index (χ1v) is 4.53. The molecule has 3 heteroatoms. The van der Waals surface area contributed by atoms with E-state index in [0.29, 0.717) is 11.8 Å². The molecule has 0 saturated carbocycles. The molecule has 0 saturated heterocycles. The largest absolute Gasteiger partial charge is 0.356 e. The molecule has 0 spiro atoms. The second-order valence-electron chi connectivity index (χ2n) is 4.09. The summed E-state index contributed by atoms with van der Waals surface area (Å²) in [6.07, 6.45) is -1.31. The van der Waals surface area contributed by atoms with Crippen molar-refractivity contribution in [3.8, 4) is 0 Å². The zero-order valence-corrected chi connectivity index (χ0v) is 8.49. The van der Waals surface area contributed by atoms with Crippen molar-refractivity contribution in [2.75, 3.05) is 13.1 Å². The predicted octanol–water partition coefficient (Wildman–Crippen LogP) is 0.869. The van der Waals surface area contributed by atoms with Crippen LogP contribution in [0.15, 0.2) is 0 Å². The van der Waals surface area contributed by atoms with E-state index in [0.717, 1.165) is 13.1 Å². The zero-order chi connectivity index (χ0) is 9.72. The fourth-order valence-electron chi connectivity index (χ4n) is 1.20. The highest BCUT2D eigenvalue weighted by atomic mass is 16.5. The average Bonchev–Trinajstić information content (AvgIpc) is 1.83. The number of nitrogens with zero attached hydrogens (tertiary/aromatic N) is 1. The van der Waals surface area contributed by atoms with Gasteiger partial charge in [0.2, 0.25) is 6.41 Å². The van der Waals surface area contributed by atoms with Crippen LogP contribution in [0.4, 0.5) is 0 Å². The lowest BCUT2D eigenvalue weighted by molar-refractivity contribution is -0.161. The molecule has 2 N–H and O–H groups in total. The molecular formula is C9H21NO2. The lowest BCUT2D eigenvalue weighted by Gasteiger charge is -2.27. The van der Waals surface area contributed by atoms with Gasteiger partial charge in [-0.2, -0.15) is 0 Å². The summed E-state index contributed by atoms with van der Waals surface area (Å²) < 4.78 is 0.